The molecule has 1 fully saturated rings. The summed E-state index contributed by atoms with van der Waals surface area (Å²) in [6.07, 6.45) is 4.47. The van der Waals surface area contributed by atoms with Crippen LogP contribution in [0.2, 0.25) is 0 Å². The fourth-order valence-corrected chi connectivity index (χ4v) is 2.90. The number of nitrogens with one attached hydrogen (secondary N) is 1. The number of rotatable bonds is 3. The highest BCUT2D eigenvalue weighted by Crippen LogP contribution is 2.21. The standard InChI is InChI=1S/C18H19N3O4/c22-15-9-13(10-16(23)11-15)17(24)20-14-3-7-21(8-4-14)18(25)12-1-5-19-6-2-12/h1-2,5-6,9-11,14,22-23H,3-4,7-8H2,(H,20,24). The summed E-state index contributed by atoms with van der Waals surface area (Å²) in [5, 5.41) is 21.8. The molecule has 3 N–H and O–H groups in total. The fourth-order valence-electron chi connectivity index (χ4n) is 2.90. The van der Waals surface area contributed by atoms with Crippen LogP contribution >= 0.6 is 0 Å². The molecule has 0 atom stereocenters. The Morgan fingerprint density at radius 1 is 1.00 bits per heavy atom. The van der Waals surface area contributed by atoms with Gasteiger partial charge in [0, 0.05) is 48.7 Å². The van der Waals surface area contributed by atoms with Crippen LogP contribution in [-0.2, 0) is 0 Å². The molecule has 0 saturated carbocycles. The molecule has 2 amide bonds. The van der Waals surface area contributed by atoms with Gasteiger partial charge in [0.25, 0.3) is 11.8 Å². The second kappa shape index (κ2) is 7.21. The van der Waals surface area contributed by atoms with Crippen molar-refractivity contribution in [3.05, 3.63) is 53.9 Å². The van der Waals surface area contributed by atoms with Crippen LogP contribution in [0.4, 0.5) is 0 Å². The number of hydrogen-bond donors (Lipinski definition) is 3. The molecule has 25 heavy (non-hydrogen) atoms. The Hall–Kier alpha value is -3.09. The summed E-state index contributed by atoms with van der Waals surface area (Å²) in [6.45, 7) is 1.11. The predicted octanol–water partition coefficient (Wildman–Crippen LogP) is 1.53. The van der Waals surface area contributed by atoms with Gasteiger partial charge >= 0.3 is 0 Å². The van der Waals surface area contributed by atoms with E-state index in [9.17, 15) is 19.8 Å². The minimum absolute atomic E-state index is 0.0370. The average Bonchev–Trinajstić information content (AvgIpc) is 2.61. The number of likely N-dealkylation sites (tertiary alicyclic amines) is 1. The molecule has 1 saturated heterocycles. The lowest BCUT2D eigenvalue weighted by Crippen LogP contribution is -2.46. The lowest BCUT2D eigenvalue weighted by atomic mass is 10.0. The monoisotopic (exact) mass is 341 g/mol. The third-order valence-corrected chi connectivity index (χ3v) is 4.21. The predicted molar refractivity (Wildman–Crippen MR) is 90.4 cm³/mol. The molecule has 2 heterocycles. The van der Waals surface area contributed by atoms with Crippen molar-refractivity contribution >= 4 is 11.8 Å². The molecule has 0 radical (unpaired) electrons. The zero-order valence-corrected chi connectivity index (χ0v) is 13.6. The molecule has 1 aromatic carbocycles. The lowest BCUT2D eigenvalue weighted by molar-refractivity contribution is 0.0698. The number of carbonyl (C=O) groups is 2. The summed E-state index contributed by atoms with van der Waals surface area (Å²) in [6, 6.07) is 7.09. The minimum atomic E-state index is -0.356. The van der Waals surface area contributed by atoms with Crippen LogP contribution in [0.25, 0.3) is 0 Å². The number of phenolic OH excluding ortho intramolecular Hbond substituents is 2. The van der Waals surface area contributed by atoms with Crippen molar-refractivity contribution in [1.29, 1.82) is 0 Å². The Morgan fingerprint density at radius 3 is 2.20 bits per heavy atom. The molecule has 7 nitrogen and oxygen atoms in total. The number of phenols is 2. The Labute approximate surface area is 144 Å². The fraction of sp³-hybridized carbons (Fsp3) is 0.278. The molecular weight excluding hydrogens is 322 g/mol. The zero-order valence-electron chi connectivity index (χ0n) is 13.6. The van der Waals surface area contributed by atoms with E-state index in [1.807, 2.05) is 0 Å². The highest BCUT2D eigenvalue weighted by atomic mass is 16.3. The summed E-state index contributed by atoms with van der Waals surface area (Å²) < 4.78 is 0. The Bertz CT molecular complexity index is 751. The number of aromatic hydroxyl groups is 2. The van der Waals surface area contributed by atoms with Crippen LogP contribution < -0.4 is 5.32 Å². The van der Waals surface area contributed by atoms with Gasteiger partial charge in [0.1, 0.15) is 11.5 Å². The van der Waals surface area contributed by atoms with Crippen molar-refractivity contribution in [3.63, 3.8) is 0 Å². The van der Waals surface area contributed by atoms with E-state index in [0.717, 1.165) is 0 Å². The van der Waals surface area contributed by atoms with E-state index in [1.54, 1.807) is 29.4 Å². The number of aromatic nitrogens is 1. The summed E-state index contributed by atoms with van der Waals surface area (Å²) >= 11 is 0. The molecule has 7 heteroatoms. The topological polar surface area (TPSA) is 103 Å². The van der Waals surface area contributed by atoms with Crippen LogP contribution in [0.1, 0.15) is 33.6 Å². The zero-order chi connectivity index (χ0) is 17.8. The summed E-state index contributed by atoms with van der Waals surface area (Å²) in [5.41, 5.74) is 0.806. The number of carbonyl (C=O) groups excluding carboxylic acids is 2. The van der Waals surface area contributed by atoms with Gasteiger partial charge in [0.2, 0.25) is 0 Å². The summed E-state index contributed by atoms with van der Waals surface area (Å²) in [7, 11) is 0. The Kier molecular flexibility index (Phi) is 4.83. The highest BCUT2D eigenvalue weighted by molar-refractivity contribution is 5.95. The minimum Gasteiger partial charge on any atom is -0.508 e. The molecule has 0 unspecified atom stereocenters. The number of amides is 2. The quantitative estimate of drug-likeness (QED) is 0.786. The molecule has 0 spiro atoms. The van der Waals surface area contributed by atoms with Gasteiger partial charge in [0.15, 0.2) is 0 Å². The van der Waals surface area contributed by atoms with Gasteiger partial charge < -0.3 is 20.4 Å². The smallest absolute Gasteiger partial charge is 0.253 e. The van der Waals surface area contributed by atoms with Crippen LogP contribution in [0.5, 0.6) is 11.5 Å². The maximum Gasteiger partial charge on any atom is 0.253 e. The van der Waals surface area contributed by atoms with Crippen molar-refractivity contribution in [3.8, 4) is 11.5 Å². The van der Waals surface area contributed by atoms with Crippen molar-refractivity contribution in [2.24, 2.45) is 0 Å². The first kappa shape index (κ1) is 16.8. The van der Waals surface area contributed by atoms with Crippen LogP contribution in [0.3, 0.4) is 0 Å². The van der Waals surface area contributed by atoms with E-state index in [1.165, 1.54) is 18.2 Å². The maximum atomic E-state index is 12.4. The van der Waals surface area contributed by atoms with E-state index < -0.39 is 0 Å². The molecule has 3 rings (SSSR count). The van der Waals surface area contributed by atoms with E-state index in [0.29, 0.717) is 31.5 Å². The molecule has 2 aromatic rings. The third kappa shape index (κ3) is 4.06. The molecule has 130 valence electrons. The first-order valence-corrected chi connectivity index (χ1v) is 8.06. The SMILES string of the molecule is O=C(NC1CCN(C(=O)c2ccncc2)CC1)c1cc(O)cc(O)c1. The number of nitrogens with zero attached hydrogens (tertiary/aromatic N) is 2. The average molecular weight is 341 g/mol. The number of benzene rings is 1. The van der Waals surface area contributed by atoms with Gasteiger partial charge in [0.05, 0.1) is 0 Å². The van der Waals surface area contributed by atoms with Crippen molar-refractivity contribution < 1.29 is 19.8 Å². The first-order valence-electron chi connectivity index (χ1n) is 8.06. The van der Waals surface area contributed by atoms with E-state index in [2.05, 4.69) is 10.3 Å². The van der Waals surface area contributed by atoms with Crippen LogP contribution in [-0.4, -0.2) is 51.0 Å². The highest BCUT2D eigenvalue weighted by Gasteiger charge is 2.25. The van der Waals surface area contributed by atoms with Gasteiger partial charge in [-0.3, -0.25) is 14.6 Å². The molecule has 1 aromatic heterocycles. The van der Waals surface area contributed by atoms with E-state index >= 15 is 0 Å². The number of pyridine rings is 1. The molecular formula is C18H19N3O4. The molecule has 1 aliphatic rings. The van der Waals surface area contributed by atoms with Gasteiger partial charge in [-0.2, -0.15) is 0 Å². The van der Waals surface area contributed by atoms with E-state index in [-0.39, 0.29) is 34.9 Å². The Balaban J connectivity index is 1.56. The van der Waals surface area contributed by atoms with Crippen molar-refractivity contribution in [2.45, 2.75) is 18.9 Å². The van der Waals surface area contributed by atoms with Crippen molar-refractivity contribution in [2.75, 3.05) is 13.1 Å². The normalized spacial score (nSPS) is 15.0. The summed E-state index contributed by atoms with van der Waals surface area (Å²) in [5.74, 6) is -0.721. The number of piperidine rings is 1. The van der Waals surface area contributed by atoms with Crippen LogP contribution in [0.15, 0.2) is 42.7 Å². The third-order valence-electron chi connectivity index (χ3n) is 4.21. The van der Waals surface area contributed by atoms with Crippen molar-refractivity contribution in [1.82, 2.24) is 15.2 Å². The molecule has 0 aliphatic carbocycles. The second-order valence-corrected chi connectivity index (χ2v) is 6.01. The summed E-state index contributed by atoms with van der Waals surface area (Å²) in [4.78, 5) is 30.3. The van der Waals surface area contributed by atoms with Gasteiger partial charge in [-0.25, -0.2) is 0 Å². The van der Waals surface area contributed by atoms with Gasteiger partial charge in [-0.05, 0) is 37.1 Å². The number of hydrogen-bond acceptors (Lipinski definition) is 5. The van der Waals surface area contributed by atoms with Gasteiger partial charge in [-0.15, -0.1) is 0 Å². The van der Waals surface area contributed by atoms with Gasteiger partial charge in [-0.1, -0.05) is 0 Å². The molecule has 0 bridgehead atoms. The second-order valence-electron chi connectivity index (χ2n) is 6.01. The van der Waals surface area contributed by atoms with E-state index in [4.69, 9.17) is 0 Å². The Morgan fingerprint density at radius 2 is 1.60 bits per heavy atom. The molecule has 1 aliphatic heterocycles. The maximum absolute atomic E-state index is 12.4. The van der Waals surface area contributed by atoms with Crippen LogP contribution in [0, 0.1) is 0 Å². The largest absolute Gasteiger partial charge is 0.508 e. The lowest BCUT2D eigenvalue weighted by Gasteiger charge is -2.32. The first-order chi connectivity index (χ1) is 12.0.